The van der Waals surface area contributed by atoms with Crippen molar-refractivity contribution >= 4 is 5.78 Å². The Balaban J connectivity index is 2.51. The van der Waals surface area contributed by atoms with Crippen LogP contribution in [0.3, 0.4) is 0 Å². The van der Waals surface area contributed by atoms with Gasteiger partial charge in [-0.1, -0.05) is 51.5 Å². The van der Waals surface area contributed by atoms with Crippen molar-refractivity contribution in [2.75, 3.05) is 0 Å². The smallest absolute Gasteiger partial charge is 0.137 e. The SMILES string of the molecule is CCCCC(=O)Cc1ccc(C(C)C)cc1. The molecule has 1 heteroatoms. The number of hydrogen-bond acceptors (Lipinski definition) is 1. The average molecular weight is 218 g/mol. The predicted octanol–water partition coefficient (Wildman–Crippen LogP) is 4.11. The van der Waals surface area contributed by atoms with E-state index in [-0.39, 0.29) is 0 Å². The molecule has 1 aromatic carbocycles. The van der Waals surface area contributed by atoms with Gasteiger partial charge in [-0.05, 0) is 23.5 Å². The fourth-order valence-electron chi connectivity index (χ4n) is 1.71. The first-order valence-corrected chi connectivity index (χ1v) is 6.24. The lowest BCUT2D eigenvalue weighted by molar-refractivity contribution is -0.118. The van der Waals surface area contributed by atoms with Crippen molar-refractivity contribution in [3.05, 3.63) is 35.4 Å². The molecule has 0 aromatic heterocycles. The first-order chi connectivity index (χ1) is 7.63. The Morgan fingerprint density at radius 3 is 2.31 bits per heavy atom. The van der Waals surface area contributed by atoms with Crippen LogP contribution in [0.25, 0.3) is 0 Å². The Labute approximate surface area is 98.9 Å². The van der Waals surface area contributed by atoms with Gasteiger partial charge in [-0.2, -0.15) is 0 Å². The molecule has 16 heavy (non-hydrogen) atoms. The number of carbonyl (C=O) groups excluding carboxylic acids is 1. The molecule has 0 saturated heterocycles. The molecule has 1 rings (SSSR count). The summed E-state index contributed by atoms with van der Waals surface area (Å²) in [6, 6.07) is 8.43. The highest BCUT2D eigenvalue weighted by atomic mass is 16.1. The van der Waals surface area contributed by atoms with E-state index < -0.39 is 0 Å². The molecule has 1 nitrogen and oxygen atoms in total. The Kier molecular flexibility index (Phi) is 5.24. The molecule has 0 fully saturated rings. The lowest BCUT2D eigenvalue weighted by Gasteiger charge is -2.06. The van der Waals surface area contributed by atoms with Gasteiger partial charge in [0.25, 0.3) is 0 Å². The van der Waals surface area contributed by atoms with Crippen LogP contribution in [0.1, 0.15) is 57.1 Å². The van der Waals surface area contributed by atoms with Crippen LogP contribution in [0.15, 0.2) is 24.3 Å². The van der Waals surface area contributed by atoms with Crippen molar-refractivity contribution in [1.82, 2.24) is 0 Å². The lowest BCUT2D eigenvalue weighted by atomic mass is 9.99. The number of carbonyl (C=O) groups is 1. The van der Waals surface area contributed by atoms with Gasteiger partial charge >= 0.3 is 0 Å². The van der Waals surface area contributed by atoms with Gasteiger partial charge in [-0.15, -0.1) is 0 Å². The maximum atomic E-state index is 11.6. The second-order valence-electron chi connectivity index (χ2n) is 4.72. The van der Waals surface area contributed by atoms with Gasteiger partial charge < -0.3 is 0 Å². The summed E-state index contributed by atoms with van der Waals surface area (Å²) in [6.45, 7) is 6.48. The van der Waals surface area contributed by atoms with Crippen molar-refractivity contribution in [1.29, 1.82) is 0 Å². The van der Waals surface area contributed by atoms with Crippen LogP contribution >= 0.6 is 0 Å². The van der Waals surface area contributed by atoms with Crippen LogP contribution in [0, 0.1) is 0 Å². The van der Waals surface area contributed by atoms with Gasteiger partial charge in [-0.3, -0.25) is 4.79 Å². The van der Waals surface area contributed by atoms with E-state index >= 15 is 0 Å². The van der Waals surface area contributed by atoms with E-state index in [0.717, 1.165) is 24.8 Å². The van der Waals surface area contributed by atoms with Crippen molar-refractivity contribution in [2.24, 2.45) is 0 Å². The van der Waals surface area contributed by atoms with Gasteiger partial charge in [0.1, 0.15) is 5.78 Å². The number of hydrogen-bond donors (Lipinski definition) is 0. The van der Waals surface area contributed by atoms with E-state index in [1.54, 1.807) is 0 Å². The fourth-order valence-corrected chi connectivity index (χ4v) is 1.71. The van der Waals surface area contributed by atoms with Crippen LogP contribution in [0.4, 0.5) is 0 Å². The standard InChI is InChI=1S/C15H22O/c1-4-5-6-15(16)11-13-7-9-14(10-8-13)12(2)3/h7-10,12H,4-6,11H2,1-3H3. The molecule has 0 spiro atoms. The summed E-state index contributed by atoms with van der Waals surface area (Å²) < 4.78 is 0. The van der Waals surface area contributed by atoms with Crippen LogP contribution in [0.5, 0.6) is 0 Å². The second-order valence-corrected chi connectivity index (χ2v) is 4.72. The molecular formula is C15H22O. The van der Waals surface area contributed by atoms with Crippen molar-refractivity contribution in [2.45, 2.75) is 52.4 Å². The number of rotatable bonds is 6. The normalized spacial score (nSPS) is 10.8. The molecule has 0 amide bonds. The maximum Gasteiger partial charge on any atom is 0.137 e. The van der Waals surface area contributed by atoms with E-state index in [0.29, 0.717) is 18.1 Å². The molecule has 0 saturated carbocycles. The van der Waals surface area contributed by atoms with Crippen LogP contribution < -0.4 is 0 Å². The summed E-state index contributed by atoms with van der Waals surface area (Å²) in [5, 5.41) is 0. The minimum absolute atomic E-state index is 0.360. The second kappa shape index (κ2) is 6.47. The number of ketones is 1. The zero-order valence-corrected chi connectivity index (χ0v) is 10.6. The van der Waals surface area contributed by atoms with E-state index in [2.05, 4.69) is 45.0 Å². The van der Waals surface area contributed by atoms with E-state index in [1.165, 1.54) is 5.56 Å². The van der Waals surface area contributed by atoms with Crippen molar-refractivity contribution in [3.8, 4) is 0 Å². The van der Waals surface area contributed by atoms with E-state index in [1.807, 2.05) is 0 Å². The summed E-state index contributed by atoms with van der Waals surface area (Å²) >= 11 is 0. The minimum Gasteiger partial charge on any atom is -0.299 e. The highest BCUT2D eigenvalue weighted by molar-refractivity contribution is 5.80. The molecule has 0 aliphatic rings. The predicted molar refractivity (Wildman–Crippen MR) is 68.8 cm³/mol. The van der Waals surface area contributed by atoms with Gasteiger partial charge in [0, 0.05) is 12.8 Å². The van der Waals surface area contributed by atoms with Gasteiger partial charge in [0.2, 0.25) is 0 Å². The van der Waals surface area contributed by atoms with Gasteiger partial charge in [-0.25, -0.2) is 0 Å². The Morgan fingerprint density at radius 2 is 1.81 bits per heavy atom. The zero-order valence-electron chi connectivity index (χ0n) is 10.6. The Hall–Kier alpha value is -1.11. The first-order valence-electron chi connectivity index (χ1n) is 6.24. The van der Waals surface area contributed by atoms with E-state index in [9.17, 15) is 4.79 Å². The minimum atomic E-state index is 0.360. The third kappa shape index (κ3) is 4.18. The quantitative estimate of drug-likeness (QED) is 0.702. The van der Waals surface area contributed by atoms with Crippen LogP contribution in [-0.4, -0.2) is 5.78 Å². The van der Waals surface area contributed by atoms with Crippen LogP contribution in [-0.2, 0) is 11.2 Å². The zero-order chi connectivity index (χ0) is 12.0. The maximum absolute atomic E-state index is 11.6. The monoisotopic (exact) mass is 218 g/mol. The molecule has 0 N–H and O–H groups in total. The summed E-state index contributed by atoms with van der Waals surface area (Å²) in [6.07, 6.45) is 3.43. The van der Waals surface area contributed by atoms with Crippen molar-refractivity contribution in [3.63, 3.8) is 0 Å². The molecule has 1 aromatic rings. The summed E-state index contributed by atoms with van der Waals surface area (Å²) in [5.41, 5.74) is 2.48. The highest BCUT2D eigenvalue weighted by Gasteiger charge is 2.04. The molecule has 0 heterocycles. The van der Waals surface area contributed by atoms with Gasteiger partial charge in [0.15, 0.2) is 0 Å². The Morgan fingerprint density at radius 1 is 1.19 bits per heavy atom. The summed E-state index contributed by atoms with van der Waals surface area (Å²) in [7, 11) is 0. The van der Waals surface area contributed by atoms with E-state index in [4.69, 9.17) is 0 Å². The van der Waals surface area contributed by atoms with Crippen LogP contribution in [0.2, 0.25) is 0 Å². The largest absolute Gasteiger partial charge is 0.299 e. The number of benzene rings is 1. The average Bonchev–Trinajstić information content (AvgIpc) is 2.27. The van der Waals surface area contributed by atoms with Gasteiger partial charge in [0.05, 0.1) is 0 Å². The third-order valence-electron chi connectivity index (χ3n) is 2.86. The highest BCUT2D eigenvalue weighted by Crippen LogP contribution is 2.15. The summed E-state index contributed by atoms with van der Waals surface area (Å²) in [4.78, 5) is 11.6. The van der Waals surface area contributed by atoms with Crippen molar-refractivity contribution < 1.29 is 4.79 Å². The fraction of sp³-hybridized carbons (Fsp3) is 0.533. The molecule has 0 atom stereocenters. The first kappa shape index (κ1) is 13.0. The molecule has 0 unspecified atom stereocenters. The lowest BCUT2D eigenvalue weighted by Crippen LogP contribution is -2.02. The molecule has 0 radical (unpaired) electrons. The third-order valence-corrected chi connectivity index (χ3v) is 2.86. The molecule has 0 aliphatic carbocycles. The molecular weight excluding hydrogens is 196 g/mol. The topological polar surface area (TPSA) is 17.1 Å². The number of Topliss-reactive ketones (excluding diaryl/α,β-unsaturated/α-hetero) is 1. The number of unbranched alkanes of at least 4 members (excludes halogenated alkanes) is 1. The molecule has 88 valence electrons. The summed E-state index contributed by atoms with van der Waals surface area (Å²) in [5.74, 6) is 0.920. The molecule has 0 aliphatic heterocycles. The Bertz CT molecular complexity index is 322. The molecule has 0 bridgehead atoms.